The average Bonchev–Trinajstić information content (AvgIpc) is 2.56. The van der Waals surface area contributed by atoms with Gasteiger partial charge < -0.3 is 9.84 Å². The molecule has 0 spiro atoms. The number of fused-ring (bicyclic) bond motifs is 1. The van der Waals surface area contributed by atoms with Crippen molar-refractivity contribution in [3.63, 3.8) is 0 Å². The van der Waals surface area contributed by atoms with Crippen molar-refractivity contribution in [3.8, 4) is 5.75 Å². The molecule has 1 atom stereocenters. The molecule has 28 heavy (non-hydrogen) atoms. The van der Waals surface area contributed by atoms with Crippen LogP contribution >= 0.6 is 0 Å². The summed E-state index contributed by atoms with van der Waals surface area (Å²) in [5, 5.41) is 8.96. The number of hydrogen-bond acceptors (Lipinski definition) is 3. The fraction of sp³-hybridized carbons (Fsp3) is 0.550. The molecule has 1 aromatic carbocycles. The number of ether oxygens (including phenoxy) is 1. The first-order valence-electron chi connectivity index (χ1n) is 9.30. The Hall–Kier alpha value is -2.09. The molecule has 0 aromatic heterocycles. The quantitative estimate of drug-likeness (QED) is 0.551. The third-order valence-electron chi connectivity index (χ3n) is 5.30. The number of likely N-dealkylation sites (tertiary alicyclic amines) is 1. The van der Waals surface area contributed by atoms with Crippen LogP contribution < -0.4 is 4.74 Å². The van der Waals surface area contributed by atoms with E-state index in [-0.39, 0.29) is 30.6 Å². The van der Waals surface area contributed by atoms with Gasteiger partial charge in [-0.3, -0.25) is 9.69 Å². The second-order valence-electron chi connectivity index (χ2n) is 7.57. The van der Waals surface area contributed by atoms with Crippen LogP contribution in [0.25, 0.3) is 6.08 Å². The summed E-state index contributed by atoms with van der Waals surface area (Å²) in [4.78, 5) is 13.0. The Morgan fingerprint density at radius 2 is 2.04 bits per heavy atom. The van der Waals surface area contributed by atoms with Crippen molar-refractivity contribution in [3.05, 3.63) is 34.6 Å². The van der Waals surface area contributed by atoms with Gasteiger partial charge in [0.05, 0.1) is 12.5 Å². The molecule has 1 saturated heterocycles. The van der Waals surface area contributed by atoms with E-state index in [0.717, 1.165) is 11.1 Å². The van der Waals surface area contributed by atoms with E-state index in [1.807, 2.05) is 13.0 Å². The molecule has 1 aromatic rings. The first-order valence-corrected chi connectivity index (χ1v) is 9.30. The lowest BCUT2D eigenvalue weighted by Gasteiger charge is -2.38. The molecular weight excluding hydrogens is 378 g/mol. The Balaban J connectivity index is 1.63. The summed E-state index contributed by atoms with van der Waals surface area (Å²) in [6.07, 6.45) is -3.01. The molecule has 154 valence electrons. The van der Waals surface area contributed by atoms with Crippen LogP contribution in [0.3, 0.4) is 0 Å². The molecule has 0 bridgehead atoms. The number of nitrogens with zero attached hydrogens (tertiary/aromatic N) is 1. The summed E-state index contributed by atoms with van der Waals surface area (Å²) in [5.41, 5.74) is 2.37. The van der Waals surface area contributed by atoms with E-state index in [2.05, 4.69) is 4.90 Å². The molecule has 1 N–H and O–H groups in total. The highest BCUT2D eigenvalue weighted by Crippen LogP contribution is 2.35. The van der Waals surface area contributed by atoms with E-state index in [1.54, 1.807) is 6.07 Å². The maximum absolute atomic E-state index is 14.7. The first-order chi connectivity index (χ1) is 13.1. The van der Waals surface area contributed by atoms with Gasteiger partial charge in [-0.25, -0.2) is 4.39 Å². The summed E-state index contributed by atoms with van der Waals surface area (Å²) in [5.74, 6) is -1.54. The van der Waals surface area contributed by atoms with E-state index in [9.17, 15) is 22.4 Å². The number of carbonyl (C=O) groups is 1. The largest absolute Gasteiger partial charge is 0.491 e. The zero-order chi connectivity index (χ0) is 20.5. The predicted molar refractivity (Wildman–Crippen MR) is 95.6 cm³/mol. The monoisotopic (exact) mass is 401 g/mol. The van der Waals surface area contributed by atoms with E-state index < -0.39 is 24.4 Å². The van der Waals surface area contributed by atoms with Gasteiger partial charge in [0, 0.05) is 26.1 Å². The lowest BCUT2D eigenvalue weighted by atomic mass is 9.83. The van der Waals surface area contributed by atoms with Crippen molar-refractivity contribution >= 4 is 12.0 Å². The van der Waals surface area contributed by atoms with Crippen LogP contribution in [0, 0.1) is 17.7 Å². The molecule has 4 nitrogen and oxygen atoms in total. The summed E-state index contributed by atoms with van der Waals surface area (Å²) in [6.45, 7) is 3.49. The third-order valence-corrected chi connectivity index (χ3v) is 5.30. The number of hydrogen-bond donors (Lipinski definition) is 1. The maximum Gasteiger partial charge on any atom is 0.389 e. The minimum atomic E-state index is -4.24. The molecule has 3 rings (SSSR count). The van der Waals surface area contributed by atoms with Crippen LogP contribution in [-0.4, -0.2) is 48.4 Å². The van der Waals surface area contributed by atoms with Crippen molar-refractivity contribution in [2.24, 2.45) is 11.8 Å². The summed E-state index contributed by atoms with van der Waals surface area (Å²) in [6, 6.07) is 3.18. The van der Waals surface area contributed by atoms with Crippen molar-refractivity contribution in [2.45, 2.75) is 32.4 Å². The van der Waals surface area contributed by atoms with E-state index in [0.29, 0.717) is 31.6 Å². The standard InChI is InChI=1S/C20H23F4NO3/c1-12-7-16-13(8-14(12)9-25-10-15(11-25)19(26)27)3-4-17(18(16)21)28-6-2-5-20(22,23)24/h3-4,8,12,15H,2,5-7,9-11H2,1H3,(H,26,27). The molecule has 1 aliphatic carbocycles. The zero-order valence-corrected chi connectivity index (χ0v) is 15.6. The number of carboxylic acids is 1. The Labute approximate surface area is 160 Å². The fourth-order valence-electron chi connectivity index (χ4n) is 3.62. The molecule has 0 radical (unpaired) electrons. The molecule has 1 unspecified atom stereocenters. The van der Waals surface area contributed by atoms with Gasteiger partial charge in [0.25, 0.3) is 0 Å². The molecular formula is C20H23F4NO3. The van der Waals surface area contributed by atoms with Crippen LogP contribution in [0.1, 0.15) is 30.9 Å². The number of carboxylic acid groups (broad SMARTS) is 1. The van der Waals surface area contributed by atoms with E-state index in [1.165, 1.54) is 6.07 Å². The number of rotatable bonds is 7. The first kappa shape index (κ1) is 20.6. The lowest BCUT2D eigenvalue weighted by Crippen LogP contribution is -2.51. The molecule has 2 aliphatic rings. The molecule has 1 fully saturated rings. The van der Waals surface area contributed by atoms with Gasteiger partial charge in [-0.2, -0.15) is 13.2 Å². The van der Waals surface area contributed by atoms with Gasteiger partial charge in [-0.05, 0) is 36.0 Å². The predicted octanol–water partition coefficient (Wildman–Crippen LogP) is 4.14. The molecule has 0 amide bonds. The summed E-state index contributed by atoms with van der Waals surface area (Å²) in [7, 11) is 0. The van der Waals surface area contributed by atoms with E-state index >= 15 is 0 Å². The topological polar surface area (TPSA) is 49.8 Å². The minimum Gasteiger partial charge on any atom is -0.491 e. The summed E-state index contributed by atoms with van der Waals surface area (Å²) < 4.78 is 56.5. The highest BCUT2D eigenvalue weighted by atomic mass is 19.4. The van der Waals surface area contributed by atoms with Gasteiger partial charge in [-0.1, -0.05) is 24.6 Å². The summed E-state index contributed by atoms with van der Waals surface area (Å²) >= 11 is 0. The number of aliphatic carboxylic acids is 1. The van der Waals surface area contributed by atoms with Crippen molar-refractivity contribution in [2.75, 3.05) is 26.2 Å². The van der Waals surface area contributed by atoms with Gasteiger partial charge in [-0.15, -0.1) is 0 Å². The van der Waals surface area contributed by atoms with Crippen LogP contribution in [0.5, 0.6) is 5.75 Å². The molecule has 8 heteroatoms. The van der Waals surface area contributed by atoms with E-state index in [4.69, 9.17) is 9.84 Å². The highest BCUT2D eigenvalue weighted by Gasteiger charge is 2.34. The average molecular weight is 401 g/mol. The number of halogens is 4. The zero-order valence-electron chi connectivity index (χ0n) is 15.6. The van der Waals surface area contributed by atoms with Gasteiger partial charge in [0.15, 0.2) is 11.6 Å². The number of benzene rings is 1. The SMILES string of the molecule is CC1Cc2c(ccc(OCCCC(F)(F)F)c2F)C=C1CN1CC(C(=O)O)C1. The van der Waals surface area contributed by atoms with Crippen molar-refractivity contribution in [1.29, 1.82) is 0 Å². The Morgan fingerprint density at radius 1 is 1.32 bits per heavy atom. The molecule has 1 heterocycles. The Morgan fingerprint density at radius 3 is 2.68 bits per heavy atom. The molecule has 0 saturated carbocycles. The third kappa shape index (κ3) is 4.84. The van der Waals surface area contributed by atoms with Crippen LogP contribution in [0.15, 0.2) is 17.7 Å². The Bertz CT molecular complexity index is 769. The fourth-order valence-corrected chi connectivity index (χ4v) is 3.62. The van der Waals surface area contributed by atoms with Crippen molar-refractivity contribution < 1.29 is 32.2 Å². The molecule has 1 aliphatic heterocycles. The second-order valence-corrected chi connectivity index (χ2v) is 7.57. The van der Waals surface area contributed by atoms with Gasteiger partial charge in [0.2, 0.25) is 0 Å². The number of alkyl halides is 3. The van der Waals surface area contributed by atoms with Crippen LogP contribution in [-0.2, 0) is 11.2 Å². The minimum absolute atomic E-state index is 0.0167. The smallest absolute Gasteiger partial charge is 0.389 e. The van der Waals surface area contributed by atoms with Gasteiger partial charge >= 0.3 is 12.1 Å². The maximum atomic E-state index is 14.7. The van der Waals surface area contributed by atoms with Crippen molar-refractivity contribution in [1.82, 2.24) is 4.90 Å². The van der Waals surface area contributed by atoms with Crippen LogP contribution in [0.4, 0.5) is 17.6 Å². The van der Waals surface area contributed by atoms with Crippen LogP contribution in [0.2, 0.25) is 0 Å². The Kier molecular flexibility index (Phi) is 5.98. The second kappa shape index (κ2) is 8.11. The lowest BCUT2D eigenvalue weighted by molar-refractivity contribution is -0.147. The highest BCUT2D eigenvalue weighted by molar-refractivity contribution is 5.71. The van der Waals surface area contributed by atoms with Gasteiger partial charge in [0.1, 0.15) is 0 Å². The normalized spacial score (nSPS) is 20.3.